The number of carbonyl (C=O) groups is 2. The van der Waals surface area contributed by atoms with Gasteiger partial charge in [0.05, 0.1) is 13.0 Å². The lowest BCUT2D eigenvalue weighted by Crippen LogP contribution is -2.30. The van der Waals surface area contributed by atoms with Crippen LogP contribution in [0.25, 0.3) is 0 Å². The summed E-state index contributed by atoms with van der Waals surface area (Å²) in [6.45, 7) is 0.00339. The van der Waals surface area contributed by atoms with Gasteiger partial charge < -0.3 is 5.32 Å². The van der Waals surface area contributed by atoms with Crippen molar-refractivity contribution >= 4 is 23.3 Å². The largest absolute Gasteiger partial charge is 0.348 e. The average molecular weight is 288 g/mol. The van der Waals surface area contributed by atoms with E-state index < -0.39 is 0 Å². The van der Waals surface area contributed by atoms with Crippen molar-refractivity contribution < 1.29 is 9.59 Å². The van der Waals surface area contributed by atoms with Crippen LogP contribution in [0.3, 0.4) is 0 Å². The van der Waals surface area contributed by atoms with E-state index in [0.717, 1.165) is 5.56 Å². The summed E-state index contributed by atoms with van der Waals surface area (Å²) in [4.78, 5) is 23.6. The van der Waals surface area contributed by atoms with Crippen LogP contribution in [0.15, 0.2) is 54.6 Å². The first-order valence-electron chi connectivity index (χ1n) is 6.24. The summed E-state index contributed by atoms with van der Waals surface area (Å²) in [6, 6.07) is 16.0. The molecule has 1 N–H and O–H groups in total. The van der Waals surface area contributed by atoms with Gasteiger partial charge in [-0.15, -0.1) is 0 Å². The summed E-state index contributed by atoms with van der Waals surface area (Å²) >= 11 is 5.85. The van der Waals surface area contributed by atoms with Crippen LogP contribution in [0.4, 0.5) is 0 Å². The molecule has 0 aliphatic rings. The minimum absolute atomic E-state index is 0.00339. The Balaban J connectivity index is 1.85. The Bertz CT molecular complexity index is 611. The van der Waals surface area contributed by atoms with Gasteiger partial charge in [-0.1, -0.05) is 54.1 Å². The zero-order chi connectivity index (χ0) is 14.4. The molecule has 0 unspecified atom stereocenters. The van der Waals surface area contributed by atoms with Gasteiger partial charge in [-0.2, -0.15) is 0 Å². The highest BCUT2D eigenvalue weighted by atomic mass is 35.5. The van der Waals surface area contributed by atoms with E-state index in [0.29, 0.717) is 10.6 Å². The van der Waals surface area contributed by atoms with E-state index in [-0.39, 0.29) is 24.7 Å². The van der Waals surface area contributed by atoms with Crippen LogP contribution in [-0.4, -0.2) is 18.2 Å². The zero-order valence-corrected chi connectivity index (χ0v) is 11.6. The minimum Gasteiger partial charge on any atom is -0.348 e. The smallest absolute Gasteiger partial charge is 0.224 e. The van der Waals surface area contributed by atoms with Gasteiger partial charge >= 0.3 is 0 Å². The molecule has 20 heavy (non-hydrogen) atoms. The molecule has 0 saturated heterocycles. The highest BCUT2D eigenvalue weighted by Crippen LogP contribution is 2.10. The van der Waals surface area contributed by atoms with Gasteiger partial charge in [0.15, 0.2) is 5.78 Å². The number of benzene rings is 2. The molecule has 0 aromatic heterocycles. The summed E-state index contributed by atoms with van der Waals surface area (Å²) in [7, 11) is 0. The second-order valence-electron chi connectivity index (χ2n) is 4.37. The van der Waals surface area contributed by atoms with Crippen molar-refractivity contribution in [2.24, 2.45) is 0 Å². The van der Waals surface area contributed by atoms with Crippen molar-refractivity contribution in [3.63, 3.8) is 0 Å². The fourth-order valence-corrected chi connectivity index (χ4v) is 2.01. The molecule has 102 valence electrons. The molecule has 0 heterocycles. The van der Waals surface area contributed by atoms with Crippen LogP contribution in [0.2, 0.25) is 5.02 Å². The average Bonchev–Trinajstić information content (AvgIpc) is 2.46. The highest BCUT2D eigenvalue weighted by Gasteiger charge is 2.08. The molecule has 2 aromatic carbocycles. The second kappa shape index (κ2) is 6.87. The zero-order valence-electron chi connectivity index (χ0n) is 10.8. The Morgan fingerprint density at radius 3 is 2.45 bits per heavy atom. The van der Waals surface area contributed by atoms with Crippen molar-refractivity contribution in [1.82, 2.24) is 5.32 Å². The van der Waals surface area contributed by atoms with Gasteiger partial charge in [0.1, 0.15) is 0 Å². The Labute approximate surface area is 122 Å². The molecule has 4 heteroatoms. The molecule has 0 spiro atoms. The van der Waals surface area contributed by atoms with Gasteiger partial charge in [-0.25, -0.2) is 0 Å². The Kier molecular flexibility index (Phi) is 4.91. The Morgan fingerprint density at radius 2 is 1.75 bits per heavy atom. The van der Waals surface area contributed by atoms with Gasteiger partial charge in [0.25, 0.3) is 0 Å². The van der Waals surface area contributed by atoms with E-state index in [9.17, 15) is 9.59 Å². The summed E-state index contributed by atoms with van der Waals surface area (Å²) in [6.07, 6.45) is 0.211. The SMILES string of the molecule is O=C(Cc1cccc(Cl)c1)NCC(=O)c1ccccc1. The molecule has 0 bridgehead atoms. The van der Waals surface area contributed by atoms with Crippen molar-refractivity contribution in [1.29, 1.82) is 0 Å². The number of Topliss-reactive ketones (excluding diaryl/α,β-unsaturated/α-hetero) is 1. The first-order valence-corrected chi connectivity index (χ1v) is 6.62. The summed E-state index contributed by atoms with van der Waals surface area (Å²) in [5.41, 5.74) is 1.41. The van der Waals surface area contributed by atoms with Crippen molar-refractivity contribution in [3.8, 4) is 0 Å². The number of hydrogen-bond acceptors (Lipinski definition) is 2. The highest BCUT2D eigenvalue weighted by molar-refractivity contribution is 6.30. The number of amides is 1. The fourth-order valence-electron chi connectivity index (χ4n) is 1.80. The Hall–Kier alpha value is -2.13. The lowest BCUT2D eigenvalue weighted by atomic mass is 10.1. The lowest BCUT2D eigenvalue weighted by Gasteiger charge is -2.05. The number of halogens is 1. The van der Waals surface area contributed by atoms with Crippen LogP contribution < -0.4 is 5.32 Å². The number of carbonyl (C=O) groups excluding carboxylic acids is 2. The molecule has 1 amide bonds. The van der Waals surface area contributed by atoms with Gasteiger partial charge in [-0.05, 0) is 17.7 Å². The molecule has 0 atom stereocenters. The fraction of sp³-hybridized carbons (Fsp3) is 0.125. The van der Waals surface area contributed by atoms with Crippen molar-refractivity contribution in [2.75, 3.05) is 6.54 Å². The molecular formula is C16H14ClNO2. The van der Waals surface area contributed by atoms with E-state index in [1.807, 2.05) is 12.1 Å². The molecule has 0 saturated carbocycles. The first kappa shape index (κ1) is 14.3. The van der Waals surface area contributed by atoms with Crippen molar-refractivity contribution in [2.45, 2.75) is 6.42 Å². The van der Waals surface area contributed by atoms with Crippen LogP contribution in [0, 0.1) is 0 Å². The standard InChI is InChI=1S/C16H14ClNO2/c17-14-8-4-5-12(9-14)10-16(20)18-11-15(19)13-6-2-1-3-7-13/h1-9H,10-11H2,(H,18,20). The molecule has 0 fully saturated rings. The molecule has 2 aromatic rings. The maximum absolute atomic E-state index is 11.8. The third-order valence-corrected chi connectivity index (χ3v) is 3.03. The van der Waals surface area contributed by atoms with Crippen LogP contribution in [0.5, 0.6) is 0 Å². The van der Waals surface area contributed by atoms with Crippen LogP contribution >= 0.6 is 11.6 Å². The van der Waals surface area contributed by atoms with Gasteiger partial charge in [0.2, 0.25) is 5.91 Å². The van der Waals surface area contributed by atoms with Crippen molar-refractivity contribution in [3.05, 3.63) is 70.7 Å². The predicted molar refractivity (Wildman–Crippen MR) is 78.9 cm³/mol. The third-order valence-electron chi connectivity index (χ3n) is 2.80. The number of ketones is 1. The predicted octanol–water partition coefficient (Wildman–Crippen LogP) is 2.88. The van der Waals surface area contributed by atoms with E-state index >= 15 is 0 Å². The van der Waals surface area contributed by atoms with E-state index in [1.165, 1.54) is 0 Å². The maximum Gasteiger partial charge on any atom is 0.224 e. The summed E-state index contributed by atoms with van der Waals surface area (Å²) in [5.74, 6) is -0.304. The molecule has 0 radical (unpaired) electrons. The van der Waals surface area contributed by atoms with E-state index in [2.05, 4.69) is 5.32 Å². The normalized spacial score (nSPS) is 10.1. The summed E-state index contributed by atoms with van der Waals surface area (Å²) in [5, 5.41) is 3.21. The van der Waals surface area contributed by atoms with E-state index in [4.69, 9.17) is 11.6 Å². The number of hydrogen-bond donors (Lipinski definition) is 1. The van der Waals surface area contributed by atoms with Crippen LogP contribution in [0.1, 0.15) is 15.9 Å². The number of nitrogens with one attached hydrogen (secondary N) is 1. The maximum atomic E-state index is 11.8. The van der Waals surface area contributed by atoms with Gasteiger partial charge in [-0.3, -0.25) is 9.59 Å². The monoisotopic (exact) mass is 287 g/mol. The molecule has 0 aliphatic carbocycles. The second-order valence-corrected chi connectivity index (χ2v) is 4.81. The Morgan fingerprint density at radius 1 is 1.00 bits per heavy atom. The third kappa shape index (κ3) is 4.21. The van der Waals surface area contributed by atoms with Crippen LogP contribution in [-0.2, 0) is 11.2 Å². The molecule has 2 rings (SSSR count). The van der Waals surface area contributed by atoms with Gasteiger partial charge in [0, 0.05) is 10.6 Å². The summed E-state index contributed by atoms with van der Waals surface area (Å²) < 4.78 is 0. The van der Waals surface area contributed by atoms with E-state index in [1.54, 1.807) is 42.5 Å². The molecule has 0 aliphatic heterocycles. The molecule has 3 nitrogen and oxygen atoms in total. The lowest BCUT2D eigenvalue weighted by molar-refractivity contribution is -0.120. The quantitative estimate of drug-likeness (QED) is 0.860. The topological polar surface area (TPSA) is 46.2 Å². The number of rotatable bonds is 5. The minimum atomic E-state index is -0.198. The molecular weight excluding hydrogens is 274 g/mol. The first-order chi connectivity index (χ1) is 9.65.